The summed E-state index contributed by atoms with van der Waals surface area (Å²) in [4.78, 5) is 35.3. The molecule has 1 aliphatic heterocycles. The Kier molecular flexibility index (Phi) is 7.15. The molecule has 2 rings (SSSR count). The molecule has 142 valence electrons. The first kappa shape index (κ1) is 20.4. The second-order valence-electron chi connectivity index (χ2n) is 6.08. The Hall–Kier alpha value is -1.94. The summed E-state index contributed by atoms with van der Waals surface area (Å²) in [5.41, 5.74) is 4.99. The monoisotopic (exact) mass is 445 g/mol. The van der Waals surface area contributed by atoms with E-state index in [0.717, 1.165) is 4.47 Å². The maximum atomic E-state index is 11.9. The van der Waals surface area contributed by atoms with Gasteiger partial charge in [-0.15, -0.1) is 0 Å². The van der Waals surface area contributed by atoms with Crippen LogP contribution in [-0.4, -0.2) is 44.2 Å². The fourth-order valence-electron chi connectivity index (χ4n) is 2.54. The smallest absolute Gasteiger partial charge is 0.251 e. The van der Waals surface area contributed by atoms with E-state index in [0.29, 0.717) is 12.0 Å². The molecule has 1 atom stereocenters. The fourth-order valence-corrected chi connectivity index (χ4v) is 4.67. The number of carbonyl (C=O) groups is 3. The maximum Gasteiger partial charge on any atom is 0.251 e. The van der Waals surface area contributed by atoms with Crippen molar-refractivity contribution in [1.82, 2.24) is 16.2 Å². The molecule has 1 aliphatic rings. The number of halogens is 1. The molecule has 0 radical (unpaired) electrons. The summed E-state index contributed by atoms with van der Waals surface area (Å²) in [6.07, 6.45) is 0.520. The second kappa shape index (κ2) is 9.13. The molecule has 0 aliphatic carbocycles. The molecule has 1 heterocycles. The summed E-state index contributed by atoms with van der Waals surface area (Å²) < 4.78 is 23.5. The van der Waals surface area contributed by atoms with Crippen molar-refractivity contribution < 1.29 is 22.8 Å². The Morgan fingerprint density at radius 1 is 1.08 bits per heavy atom. The number of rotatable bonds is 6. The van der Waals surface area contributed by atoms with Crippen LogP contribution in [-0.2, 0) is 19.4 Å². The van der Waals surface area contributed by atoms with Crippen LogP contribution in [0.15, 0.2) is 28.7 Å². The highest BCUT2D eigenvalue weighted by Crippen LogP contribution is 2.21. The van der Waals surface area contributed by atoms with E-state index in [9.17, 15) is 22.8 Å². The van der Waals surface area contributed by atoms with Gasteiger partial charge in [-0.3, -0.25) is 25.2 Å². The summed E-state index contributed by atoms with van der Waals surface area (Å²) in [6.45, 7) is 0.122. The summed E-state index contributed by atoms with van der Waals surface area (Å²) in [7, 11) is -3.03. The molecule has 10 heteroatoms. The Balaban J connectivity index is 1.62. The average molecular weight is 446 g/mol. The number of sulfone groups is 1. The minimum Gasteiger partial charge on any atom is -0.352 e. The van der Waals surface area contributed by atoms with Gasteiger partial charge >= 0.3 is 0 Å². The molecule has 0 bridgehead atoms. The van der Waals surface area contributed by atoms with Crippen LogP contribution < -0.4 is 16.2 Å². The quantitative estimate of drug-likeness (QED) is 0.551. The van der Waals surface area contributed by atoms with Crippen molar-refractivity contribution in [2.24, 2.45) is 5.92 Å². The third kappa shape index (κ3) is 6.75. The van der Waals surface area contributed by atoms with Gasteiger partial charge in [-0.05, 0) is 36.6 Å². The van der Waals surface area contributed by atoms with Gasteiger partial charge < -0.3 is 5.32 Å². The lowest BCUT2D eigenvalue weighted by molar-refractivity contribution is -0.129. The molecule has 1 saturated heterocycles. The third-order valence-electron chi connectivity index (χ3n) is 3.89. The van der Waals surface area contributed by atoms with E-state index in [1.165, 1.54) is 0 Å². The van der Waals surface area contributed by atoms with E-state index in [2.05, 4.69) is 32.1 Å². The van der Waals surface area contributed by atoms with Crippen LogP contribution >= 0.6 is 15.9 Å². The van der Waals surface area contributed by atoms with Crippen molar-refractivity contribution in [3.05, 3.63) is 34.3 Å². The third-order valence-corrected chi connectivity index (χ3v) is 6.25. The molecule has 1 aromatic carbocycles. The van der Waals surface area contributed by atoms with Crippen molar-refractivity contribution in [1.29, 1.82) is 0 Å². The van der Waals surface area contributed by atoms with Gasteiger partial charge in [-0.25, -0.2) is 8.42 Å². The number of hydrogen-bond acceptors (Lipinski definition) is 5. The summed E-state index contributed by atoms with van der Waals surface area (Å²) in [5.74, 6) is -1.27. The lowest BCUT2D eigenvalue weighted by Crippen LogP contribution is -2.43. The zero-order valence-corrected chi connectivity index (χ0v) is 16.4. The Morgan fingerprint density at radius 3 is 2.35 bits per heavy atom. The molecule has 26 heavy (non-hydrogen) atoms. The Labute approximate surface area is 160 Å². The van der Waals surface area contributed by atoms with Crippen LogP contribution in [0.3, 0.4) is 0 Å². The van der Waals surface area contributed by atoms with Gasteiger partial charge in [-0.2, -0.15) is 0 Å². The SMILES string of the molecule is O=C(CCNC(=O)c1ccc(Br)cc1)NNC(=O)C[C@@H]1CCS(=O)(=O)C1. The highest BCUT2D eigenvalue weighted by molar-refractivity contribution is 9.10. The molecule has 0 spiro atoms. The van der Waals surface area contributed by atoms with Gasteiger partial charge in [0.05, 0.1) is 11.5 Å². The summed E-state index contributed by atoms with van der Waals surface area (Å²) in [6, 6.07) is 6.80. The number of hydrazine groups is 1. The van der Waals surface area contributed by atoms with Gasteiger partial charge in [-0.1, -0.05) is 15.9 Å². The van der Waals surface area contributed by atoms with E-state index >= 15 is 0 Å². The van der Waals surface area contributed by atoms with Crippen LogP contribution in [0.4, 0.5) is 0 Å². The Morgan fingerprint density at radius 2 is 1.73 bits per heavy atom. The predicted octanol–water partition coefficient (Wildman–Crippen LogP) is 0.541. The molecule has 8 nitrogen and oxygen atoms in total. The van der Waals surface area contributed by atoms with E-state index < -0.39 is 21.7 Å². The van der Waals surface area contributed by atoms with Crippen molar-refractivity contribution in [2.45, 2.75) is 19.3 Å². The normalized spacial score (nSPS) is 18.1. The highest BCUT2D eigenvalue weighted by Gasteiger charge is 2.29. The first-order valence-corrected chi connectivity index (χ1v) is 10.7. The van der Waals surface area contributed by atoms with Crippen LogP contribution in [0, 0.1) is 5.92 Å². The average Bonchev–Trinajstić information content (AvgIpc) is 2.92. The lowest BCUT2D eigenvalue weighted by atomic mass is 10.1. The largest absolute Gasteiger partial charge is 0.352 e. The van der Waals surface area contributed by atoms with Crippen molar-refractivity contribution in [2.75, 3.05) is 18.1 Å². The lowest BCUT2D eigenvalue weighted by Gasteiger charge is -2.10. The first-order valence-electron chi connectivity index (χ1n) is 8.07. The first-order chi connectivity index (χ1) is 12.2. The standard InChI is InChI=1S/C16H20BrN3O5S/c17-13-3-1-12(2-4-13)16(23)18-7-5-14(21)19-20-15(22)9-11-6-8-26(24,25)10-11/h1-4,11H,5-10H2,(H,18,23)(H,19,21)(H,20,22)/t11-/m0/s1. The fraction of sp³-hybridized carbons (Fsp3) is 0.438. The molecule has 3 N–H and O–H groups in total. The predicted molar refractivity (Wildman–Crippen MR) is 98.8 cm³/mol. The minimum absolute atomic E-state index is 0.000353. The zero-order chi connectivity index (χ0) is 19.2. The summed E-state index contributed by atoms with van der Waals surface area (Å²) >= 11 is 3.28. The zero-order valence-electron chi connectivity index (χ0n) is 14.0. The molecule has 0 saturated carbocycles. The molecule has 3 amide bonds. The van der Waals surface area contributed by atoms with Crippen LogP contribution in [0.2, 0.25) is 0 Å². The van der Waals surface area contributed by atoms with E-state index in [1.807, 2.05) is 0 Å². The van der Waals surface area contributed by atoms with Gasteiger partial charge in [0.2, 0.25) is 11.8 Å². The second-order valence-corrected chi connectivity index (χ2v) is 9.23. The maximum absolute atomic E-state index is 11.9. The number of nitrogens with one attached hydrogen (secondary N) is 3. The van der Waals surface area contributed by atoms with Crippen LogP contribution in [0.5, 0.6) is 0 Å². The van der Waals surface area contributed by atoms with Crippen molar-refractivity contribution in [3.63, 3.8) is 0 Å². The molecule has 0 aromatic heterocycles. The minimum atomic E-state index is -3.03. The summed E-state index contributed by atoms with van der Waals surface area (Å²) in [5, 5.41) is 2.61. The molecule has 0 unspecified atom stereocenters. The number of carbonyl (C=O) groups excluding carboxylic acids is 3. The van der Waals surface area contributed by atoms with Gasteiger partial charge in [0.25, 0.3) is 5.91 Å². The number of amides is 3. The molecule has 1 fully saturated rings. The molecular weight excluding hydrogens is 426 g/mol. The molecule has 1 aromatic rings. The van der Waals surface area contributed by atoms with Gasteiger partial charge in [0.15, 0.2) is 9.84 Å². The van der Waals surface area contributed by atoms with Gasteiger partial charge in [0.1, 0.15) is 0 Å². The number of benzene rings is 1. The van der Waals surface area contributed by atoms with E-state index in [-0.39, 0.29) is 42.7 Å². The van der Waals surface area contributed by atoms with Crippen molar-refractivity contribution in [3.8, 4) is 0 Å². The topological polar surface area (TPSA) is 121 Å². The molecular formula is C16H20BrN3O5S. The van der Waals surface area contributed by atoms with E-state index in [1.54, 1.807) is 24.3 Å². The van der Waals surface area contributed by atoms with Crippen molar-refractivity contribution >= 4 is 43.5 Å². The van der Waals surface area contributed by atoms with Gasteiger partial charge in [0, 0.05) is 29.4 Å². The number of hydrogen-bond donors (Lipinski definition) is 3. The van der Waals surface area contributed by atoms with Crippen LogP contribution in [0.1, 0.15) is 29.6 Å². The Bertz CT molecular complexity index is 780. The van der Waals surface area contributed by atoms with E-state index in [4.69, 9.17) is 0 Å². The van der Waals surface area contributed by atoms with Crippen LogP contribution in [0.25, 0.3) is 0 Å². The highest BCUT2D eigenvalue weighted by atomic mass is 79.9.